The molecule has 24 heavy (non-hydrogen) atoms. The van der Waals surface area contributed by atoms with Crippen molar-refractivity contribution in [2.24, 2.45) is 0 Å². The van der Waals surface area contributed by atoms with Crippen LogP contribution in [0.4, 0.5) is 0 Å². The summed E-state index contributed by atoms with van der Waals surface area (Å²) in [5, 5.41) is 19.4. The van der Waals surface area contributed by atoms with Gasteiger partial charge in [0.15, 0.2) is 0 Å². The number of benzene rings is 3. The fraction of sp³-hybridized carbons (Fsp3) is 0.143. The van der Waals surface area contributed by atoms with Gasteiger partial charge in [-0.2, -0.15) is 0 Å². The molecule has 0 aliphatic heterocycles. The van der Waals surface area contributed by atoms with Crippen LogP contribution >= 0.6 is 22.6 Å². The van der Waals surface area contributed by atoms with Crippen molar-refractivity contribution in [2.75, 3.05) is 0 Å². The van der Waals surface area contributed by atoms with Crippen molar-refractivity contribution in [3.63, 3.8) is 0 Å². The van der Waals surface area contributed by atoms with Crippen molar-refractivity contribution in [1.29, 1.82) is 0 Å². The smallest absolute Gasteiger partial charge is 0.115 e. The Bertz CT molecular complexity index is 778. The van der Waals surface area contributed by atoms with Gasteiger partial charge in [-0.25, -0.2) is 0 Å². The molecule has 0 spiro atoms. The second-order valence-corrected chi connectivity index (χ2v) is 6.99. The minimum atomic E-state index is -0.334. The van der Waals surface area contributed by atoms with Crippen LogP contribution in [-0.4, -0.2) is 10.2 Å². The van der Waals surface area contributed by atoms with Crippen LogP contribution in [0.2, 0.25) is 0 Å². The first kappa shape index (κ1) is 16.8. The zero-order valence-corrected chi connectivity index (χ0v) is 15.6. The molecule has 3 heteroatoms. The largest absolute Gasteiger partial charge is 0.508 e. The van der Waals surface area contributed by atoms with E-state index in [1.165, 1.54) is 9.13 Å². The van der Waals surface area contributed by atoms with Gasteiger partial charge < -0.3 is 10.2 Å². The molecule has 0 fully saturated rings. The lowest BCUT2D eigenvalue weighted by atomic mass is 9.68. The number of phenolic OH excluding ortho intramolecular Hbond substituents is 2. The molecule has 0 radical (unpaired) electrons. The van der Waals surface area contributed by atoms with Gasteiger partial charge in [0.1, 0.15) is 11.5 Å². The molecule has 2 nitrogen and oxygen atoms in total. The maximum absolute atomic E-state index is 9.69. The first-order valence-electron chi connectivity index (χ1n) is 7.92. The summed E-state index contributed by atoms with van der Waals surface area (Å²) in [7, 11) is 0. The van der Waals surface area contributed by atoms with E-state index in [2.05, 4.69) is 47.7 Å². The van der Waals surface area contributed by atoms with Gasteiger partial charge in [0, 0.05) is 8.99 Å². The van der Waals surface area contributed by atoms with Crippen LogP contribution in [0.5, 0.6) is 11.5 Å². The maximum atomic E-state index is 9.69. The number of aromatic hydroxyl groups is 2. The van der Waals surface area contributed by atoms with Crippen molar-refractivity contribution >= 4 is 22.6 Å². The predicted octanol–water partition coefficient (Wildman–Crippen LogP) is 5.45. The number of halogens is 1. The molecule has 0 aliphatic carbocycles. The van der Waals surface area contributed by atoms with Gasteiger partial charge in [0.25, 0.3) is 0 Å². The summed E-state index contributed by atoms with van der Waals surface area (Å²) in [5.41, 5.74) is 3.14. The summed E-state index contributed by atoms with van der Waals surface area (Å²) in [4.78, 5) is 0. The normalized spacial score (nSPS) is 11.4. The lowest BCUT2D eigenvalue weighted by molar-refractivity contribution is 0.473. The fourth-order valence-electron chi connectivity index (χ4n) is 3.38. The molecule has 0 unspecified atom stereocenters. The van der Waals surface area contributed by atoms with Crippen LogP contribution in [0.25, 0.3) is 0 Å². The van der Waals surface area contributed by atoms with E-state index in [4.69, 9.17) is 0 Å². The molecular weight excluding hydrogens is 411 g/mol. The van der Waals surface area contributed by atoms with Crippen LogP contribution in [0, 0.1) is 3.57 Å². The SMILES string of the molecule is CCC(c1ccc(O)cc1)(c1ccc(O)cc1)c1ccccc1I. The third-order valence-corrected chi connectivity index (χ3v) is 5.52. The Labute approximate surface area is 155 Å². The van der Waals surface area contributed by atoms with E-state index in [1.54, 1.807) is 24.3 Å². The predicted molar refractivity (Wildman–Crippen MR) is 106 cm³/mol. The molecule has 3 rings (SSSR count). The second-order valence-electron chi connectivity index (χ2n) is 5.83. The molecule has 0 aromatic heterocycles. The van der Waals surface area contributed by atoms with Gasteiger partial charge in [-0.05, 0) is 76.0 Å². The van der Waals surface area contributed by atoms with Crippen LogP contribution < -0.4 is 0 Å². The average Bonchev–Trinajstić information content (AvgIpc) is 2.60. The Kier molecular flexibility index (Phi) is 4.81. The molecule has 0 aliphatic rings. The van der Waals surface area contributed by atoms with E-state index in [1.807, 2.05) is 30.3 Å². The van der Waals surface area contributed by atoms with Gasteiger partial charge >= 0.3 is 0 Å². The van der Waals surface area contributed by atoms with Crippen molar-refractivity contribution in [1.82, 2.24) is 0 Å². The van der Waals surface area contributed by atoms with Crippen molar-refractivity contribution < 1.29 is 10.2 Å². The Morgan fingerprint density at radius 1 is 0.750 bits per heavy atom. The molecular formula is C21H19IO2. The van der Waals surface area contributed by atoms with Gasteiger partial charge in [0.2, 0.25) is 0 Å². The van der Waals surface area contributed by atoms with Gasteiger partial charge in [-0.3, -0.25) is 0 Å². The van der Waals surface area contributed by atoms with E-state index in [0.29, 0.717) is 0 Å². The van der Waals surface area contributed by atoms with E-state index in [9.17, 15) is 10.2 Å². The third-order valence-electron chi connectivity index (χ3n) is 4.58. The van der Waals surface area contributed by atoms with Gasteiger partial charge in [0.05, 0.1) is 0 Å². The Morgan fingerprint density at radius 2 is 1.21 bits per heavy atom. The standard InChI is InChI=1S/C21H19IO2/c1-2-21(15-7-11-17(23)12-8-15,16-9-13-18(24)14-10-16)19-5-3-4-6-20(19)22/h3-14,23-24H,2H2,1H3. The quantitative estimate of drug-likeness (QED) is 0.427. The van der Waals surface area contributed by atoms with Crippen molar-refractivity contribution in [2.45, 2.75) is 18.8 Å². The van der Waals surface area contributed by atoms with Crippen molar-refractivity contribution in [3.05, 3.63) is 93.1 Å². The molecule has 0 amide bonds. The van der Waals surface area contributed by atoms with Crippen LogP contribution in [0.15, 0.2) is 72.8 Å². The Balaban J connectivity index is 2.32. The van der Waals surface area contributed by atoms with Gasteiger partial charge in [-0.15, -0.1) is 0 Å². The Hall–Kier alpha value is -2.01. The number of hydrogen-bond acceptors (Lipinski definition) is 2. The van der Waals surface area contributed by atoms with Crippen LogP contribution in [-0.2, 0) is 5.41 Å². The first-order chi connectivity index (χ1) is 11.6. The zero-order chi connectivity index (χ0) is 17.2. The van der Waals surface area contributed by atoms with Crippen LogP contribution in [0.1, 0.15) is 30.0 Å². The average molecular weight is 430 g/mol. The molecule has 0 saturated carbocycles. The summed E-state index contributed by atoms with van der Waals surface area (Å²) in [6.07, 6.45) is 0.864. The number of hydrogen-bond donors (Lipinski definition) is 2. The lowest BCUT2D eigenvalue weighted by Gasteiger charge is -2.36. The summed E-state index contributed by atoms with van der Waals surface area (Å²) >= 11 is 2.38. The molecule has 122 valence electrons. The summed E-state index contributed by atoms with van der Waals surface area (Å²) in [5.74, 6) is 0.523. The minimum absolute atomic E-state index is 0.261. The minimum Gasteiger partial charge on any atom is -0.508 e. The number of rotatable bonds is 4. The first-order valence-corrected chi connectivity index (χ1v) is 9.00. The summed E-state index contributed by atoms with van der Waals surface area (Å²) < 4.78 is 1.19. The fourth-order valence-corrected chi connectivity index (χ4v) is 4.22. The van der Waals surface area contributed by atoms with Crippen LogP contribution in [0.3, 0.4) is 0 Å². The molecule has 0 atom stereocenters. The maximum Gasteiger partial charge on any atom is 0.115 e. The number of phenols is 2. The topological polar surface area (TPSA) is 40.5 Å². The summed E-state index contributed by atoms with van der Waals surface area (Å²) in [6, 6.07) is 23.2. The molecule has 3 aromatic carbocycles. The van der Waals surface area contributed by atoms with Crippen molar-refractivity contribution in [3.8, 4) is 11.5 Å². The Morgan fingerprint density at radius 3 is 1.62 bits per heavy atom. The highest BCUT2D eigenvalue weighted by Crippen LogP contribution is 2.44. The monoisotopic (exact) mass is 430 g/mol. The second kappa shape index (κ2) is 6.85. The van der Waals surface area contributed by atoms with E-state index in [0.717, 1.165) is 17.5 Å². The molecule has 3 aromatic rings. The lowest BCUT2D eigenvalue weighted by Crippen LogP contribution is -2.29. The molecule has 0 saturated heterocycles. The molecule has 2 N–H and O–H groups in total. The molecule has 0 heterocycles. The third kappa shape index (κ3) is 2.88. The van der Waals surface area contributed by atoms with E-state index in [-0.39, 0.29) is 16.9 Å². The highest BCUT2D eigenvalue weighted by molar-refractivity contribution is 14.1. The van der Waals surface area contributed by atoms with E-state index < -0.39 is 0 Å². The highest BCUT2D eigenvalue weighted by atomic mass is 127. The zero-order valence-electron chi connectivity index (χ0n) is 13.4. The highest BCUT2D eigenvalue weighted by Gasteiger charge is 2.36. The van der Waals surface area contributed by atoms with E-state index >= 15 is 0 Å². The van der Waals surface area contributed by atoms with Gasteiger partial charge in [-0.1, -0.05) is 49.4 Å². The summed E-state index contributed by atoms with van der Waals surface area (Å²) in [6.45, 7) is 2.17. The molecule has 0 bridgehead atoms.